The molecule has 1 fully saturated rings. The molecular weight excluding hydrogens is 321 g/mol. The number of piperidine rings is 1. The molecule has 1 heterocycles. The van der Waals surface area contributed by atoms with E-state index in [1.807, 2.05) is 6.92 Å². The first-order valence-electron chi connectivity index (χ1n) is 7.90. The summed E-state index contributed by atoms with van der Waals surface area (Å²) in [6.07, 6.45) is 3.63. The van der Waals surface area contributed by atoms with Crippen LogP contribution in [0.2, 0.25) is 10.0 Å². The molecule has 0 spiro atoms. The van der Waals surface area contributed by atoms with E-state index < -0.39 is 0 Å². The van der Waals surface area contributed by atoms with Crippen LogP contribution in [0.4, 0.5) is 0 Å². The van der Waals surface area contributed by atoms with Crippen LogP contribution in [0, 0.1) is 0 Å². The first kappa shape index (κ1) is 17.6. The predicted molar refractivity (Wildman–Crippen MR) is 89.9 cm³/mol. The topological polar surface area (TPSA) is 30.7 Å². The molecule has 1 saturated heterocycles. The van der Waals surface area contributed by atoms with Gasteiger partial charge in [0, 0.05) is 5.02 Å². The SMILES string of the molecule is C[C@H](C[NH+]1[C@H](C)CCC[C@H]1C)OC(=O)c1ccc(Cl)cc1Cl. The van der Waals surface area contributed by atoms with Crippen molar-refractivity contribution in [2.75, 3.05) is 6.54 Å². The van der Waals surface area contributed by atoms with Gasteiger partial charge in [0.25, 0.3) is 0 Å². The molecule has 0 aromatic heterocycles. The fourth-order valence-corrected chi connectivity index (χ4v) is 3.75. The summed E-state index contributed by atoms with van der Waals surface area (Å²) in [6, 6.07) is 6.05. The van der Waals surface area contributed by atoms with E-state index in [4.69, 9.17) is 27.9 Å². The molecule has 0 unspecified atom stereocenters. The number of esters is 1. The van der Waals surface area contributed by atoms with Crippen LogP contribution in [0.1, 0.15) is 50.4 Å². The first-order chi connectivity index (χ1) is 10.4. The van der Waals surface area contributed by atoms with Gasteiger partial charge in [-0.1, -0.05) is 23.2 Å². The van der Waals surface area contributed by atoms with Crippen molar-refractivity contribution in [2.24, 2.45) is 0 Å². The number of hydrogen-bond donors (Lipinski definition) is 1. The lowest BCUT2D eigenvalue weighted by Crippen LogP contribution is -3.20. The van der Waals surface area contributed by atoms with Crippen LogP contribution in [0.5, 0.6) is 0 Å². The maximum absolute atomic E-state index is 12.2. The largest absolute Gasteiger partial charge is 0.453 e. The molecule has 0 bridgehead atoms. The van der Waals surface area contributed by atoms with Gasteiger partial charge in [0.15, 0.2) is 0 Å². The Morgan fingerprint density at radius 3 is 2.55 bits per heavy atom. The summed E-state index contributed by atoms with van der Waals surface area (Å²) in [7, 11) is 0. The summed E-state index contributed by atoms with van der Waals surface area (Å²) in [5.74, 6) is -0.383. The number of hydrogen-bond acceptors (Lipinski definition) is 2. The predicted octanol–water partition coefficient (Wildman–Crippen LogP) is 3.38. The van der Waals surface area contributed by atoms with E-state index in [1.54, 1.807) is 18.2 Å². The summed E-state index contributed by atoms with van der Waals surface area (Å²) < 4.78 is 5.57. The average molecular weight is 345 g/mol. The Bertz CT molecular complexity index is 525. The van der Waals surface area contributed by atoms with Crippen LogP contribution >= 0.6 is 23.2 Å². The van der Waals surface area contributed by atoms with E-state index >= 15 is 0 Å². The zero-order chi connectivity index (χ0) is 16.3. The zero-order valence-corrected chi connectivity index (χ0v) is 14.9. The Morgan fingerprint density at radius 2 is 1.95 bits per heavy atom. The Balaban J connectivity index is 1.96. The second-order valence-electron chi connectivity index (χ2n) is 6.35. The summed E-state index contributed by atoms with van der Waals surface area (Å²) in [5.41, 5.74) is 0.368. The molecule has 22 heavy (non-hydrogen) atoms. The van der Waals surface area contributed by atoms with Gasteiger partial charge in [0.05, 0.1) is 22.7 Å². The highest BCUT2D eigenvalue weighted by Gasteiger charge is 2.30. The van der Waals surface area contributed by atoms with Crippen molar-refractivity contribution in [1.82, 2.24) is 0 Å². The lowest BCUT2D eigenvalue weighted by atomic mass is 9.97. The molecular formula is C17H24Cl2NO2+. The monoisotopic (exact) mass is 344 g/mol. The standard InChI is InChI=1S/C17H23Cl2NO2/c1-11-5-4-6-12(2)20(11)10-13(3)22-17(21)15-8-7-14(18)9-16(15)19/h7-9,11-13H,4-6,10H2,1-3H3/p+1/t11-,12-,13-/m1/s1. The smallest absolute Gasteiger partial charge is 0.340 e. The van der Waals surface area contributed by atoms with Crippen molar-refractivity contribution in [2.45, 2.75) is 58.2 Å². The third-order valence-electron chi connectivity index (χ3n) is 4.52. The van der Waals surface area contributed by atoms with Crippen LogP contribution in [0.25, 0.3) is 0 Å². The van der Waals surface area contributed by atoms with Crippen molar-refractivity contribution in [3.63, 3.8) is 0 Å². The summed E-state index contributed by atoms with van der Waals surface area (Å²) in [5, 5.41) is 0.840. The van der Waals surface area contributed by atoms with E-state index in [0.29, 0.717) is 27.7 Å². The molecule has 1 aromatic rings. The normalized spacial score (nSPS) is 24.0. The van der Waals surface area contributed by atoms with Crippen molar-refractivity contribution >= 4 is 29.2 Å². The Hall–Kier alpha value is -0.770. The molecule has 0 amide bonds. The van der Waals surface area contributed by atoms with Crippen molar-refractivity contribution in [3.05, 3.63) is 33.8 Å². The highest BCUT2D eigenvalue weighted by Crippen LogP contribution is 2.22. The van der Waals surface area contributed by atoms with Crippen molar-refractivity contribution in [1.29, 1.82) is 0 Å². The third kappa shape index (κ3) is 4.37. The van der Waals surface area contributed by atoms with Gasteiger partial charge in [0.2, 0.25) is 0 Å². The lowest BCUT2D eigenvalue weighted by Gasteiger charge is -2.37. The van der Waals surface area contributed by atoms with Gasteiger partial charge in [-0.05, 0) is 58.2 Å². The number of halogens is 2. The van der Waals surface area contributed by atoms with E-state index in [9.17, 15) is 4.79 Å². The van der Waals surface area contributed by atoms with Crippen LogP contribution in [0.15, 0.2) is 18.2 Å². The van der Waals surface area contributed by atoms with Gasteiger partial charge >= 0.3 is 5.97 Å². The second-order valence-corrected chi connectivity index (χ2v) is 7.20. The van der Waals surface area contributed by atoms with Gasteiger partial charge in [-0.15, -0.1) is 0 Å². The maximum atomic E-state index is 12.2. The fourth-order valence-electron chi connectivity index (χ4n) is 3.26. The summed E-state index contributed by atoms with van der Waals surface area (Å²) in [4.78, 5) is 13.8. The molecule has 122 valence electrons. The Morgan fingerprint density at radius 1 is 1.32 bits per heavy atom. The number of likely N-dealkylation sites (tertiary alicyclic amines) is 1. The van der Waals surface area contributed by atoms with Gasteiger partial charge in [-0.25, -0.2) is 4.79 Å². The van der Waals surface area contributed by atoms with Crippen molar-refractivity contribution < 1.29 is 14.4 Å². The molecule has 5 heteroatoms. The number of carbonyl (C=O) groups is 1. The third-order valence-corrected chi connectivity index (χ3v) is 5.07. The number of carbonyl (C=O) groups excluding carboxylic acids is 1. The fraction of sp³-hybridized carbons (Fsp3) is 0.588. The minimum atomic E-state index is -0.383. The molecule has 0 aliphatic carbocycles. The quantitative estimate of drug-likeness (QED) is 0.848. The van der Waals surface area contributed by atoms with Gasteiger partial charge in [-0.3, -0.25) is 0 Å². The maximum Gasteiger partial charge on any atom is 0.340 e. The van der Waals surface area contributed by atoms with Crippen molar-refractivity contribution in [3.8, 4) is 0 Å². The van der Waals surface area contributed by atoms with E-state index in [0.717, 1.165) is 6.54 Å². The Labute approximate surface area is 142 Å². The van der Waals surface area contributed by atoms with Crippen LogP contribution in [-0.4, -0.2) is 30.7 Å². The van der Waals surface area contributed by atoms with E-state index in [-0.39, 0.29) is 12.1 Å². The van der Waals surface area contributed by atoms with Crippen LogP contribution < -0.4 is 4.90 Å². The molecule has 1 aliphatic heterocycles. The number of nitrogens with one attached hydrogen (secondary N) is 1. The molecule has 1 aromatic carbocycles. The van der Waals surface area contributed by atoms with Crippen LogP contribution in [0.3, 0.4) is 0 Å². The minimum Gasteiger partial charge on any atom is -0.453 e. The summed E-state index contributed by atoms with van der Waals surface area (Å²) >= 11 is 11.9. The molecule has 2 rings (SSSR count). The average Bonchev–Trinajstić information content (AvgIpc) is 2.42. The van der Waals surface area contributed by atoms with Gasteiger partial charge < -0.3 is 9.64 Å². The Kier molecular flexibility index (Phi) is 6.13. The highest BCUT2D eigenvalue weighted by molar-refractivity contribution is 6.36. The number of rotatable bonds is 4. The van der Waals surface area contributed by atoms with Gasteiger partial charge in [0.1, 0.15) is 12.6 Å². The number of ether oxygens (including phenoxy) is 1. The lowest BCUT2D eigenvalue weighted by molar-refractivity contribution is -0.953. The highest BCUT2D eigenvalue weighted by atomic mass is 35.5. The second kappa shape index (κ2) is 7.67. The molecule has 3 nitrogen and oxygen atoms in total. The summed E-state index contributed by atoms with van der Waals surface area (Å²) in [6.45, 7) is 7.33. The minimum absolute atomic E-state index is 0.141. The first-order valence-corrected chi connectivity index (χ1v) is 8.65. The molecule has 0 saturated carbocycles. The number of benzene rings is 1. The van der Waals surface area contributed by atoms with E-state index in [1.165, 1.54) is 24.2 Å². The number of quaternary nitrogens is 1. The van der Waals surface area contributed by atoms with Gasteiger partial charge in [-0.2, -0.15) is 0 Å². The molecule has 1 aliphatic rings. The zero-order valence-electron chi connectivity index (χ0n) is 13.4. The molecule has 1 N–H and O–H groups in total. The van der Waals surface area contributed by atoms with E-state index in [2.05, 4.69) is 13.8 Å². The molecule has 0 radical (unpaired) electrons. The molecule has 3 atom stereocenters. The van der Waals surface area contributed by atoms with Crippen LogP contribution in [-0.2, 0) is 4.74 Å².